The van der Waals surface area contributed by atoms with Gasteiger partial charge in [-0.15, -0.1) is 0 Å². The molecule has 1 aromatic heterocycles. The number of hydrogen-bond donors (Lipinski definition) is 4. The zero-order valence-electron chi connectivity index (χ0n) is 23.6. The molecular weight excluding hydrogens is 516 g/mol. The van der Waals surface area contributed by atoms with Crippen molar-refractivity contribution in [2.45, 2.75) is 77.9 Å². The number of carboxylic acid groups (broad SMARTS) is 1. The minimum Gasteiger partial charge on any atom is -0.481 e. The van der Waals surface area contributed by atoms with E-state index in [2.05, 4.69) is 16.0 Å². The molecule has 11 heteroatoms. The zero-order valence-corrected chi connectivity index (χ0v) is 23.6. The molecule has 4 amide bonds. The molecule has 1 fully saturated rings. The van der Waals surface area contributed by atoms with Crippen LogP contribution in [0.25, 0.3) is 11.0 Å². The molecule has 0 saturated carbocycles. The number of urea groups is 1. The summed E-state index contributed by atoms with van der Waals surface area (Å²) >= 11 is 0. The number of carboxylic acids is 1. The smallest absolute Gasteiger partial charge is 0.318 e. The van der Waals surface area contributed by atoms with Gasteiger partial charge < -0.3 is 30.4 Å². The Kier molecular flexibility index (Phi) is 10.7. The van der Waals surface area contributed by atoms with Gasteiger partial charge in [0.2, 0.25) is 5.91 Å². The summed E-state index contributed by atoms with van der Waals surface area (Å²) < 4.78 is 5.63. The highest BCUT2D eigenvalue weighted by atomic mass is 16.4. The molecule has 11 nitrogen and oxygen atoms in total. The highest BCUT2D eigenvalue weighted by molar-refractivity contribution is 5.99. The van der Waals surface area contributed by atoms with E-state index in [1.807, 2.05) is 39.8 Å². The second kappa shape index (κ2) is 14.0. The Morgan fingerprint density at radius 1 is 1.15 bits per heavy atom. The summed E-state index contributed by atoms with van der Waals surface area (Å²) in [5, 5.41) is 18.3. The number of nitrogens with one attached hydrogen (secondary N) is 3. The Labute approximate surface area is 234 Å². The quantitative estimate of drug-likeness (QED) is 0.330. The molecule has 0 spiro atoms. The molecule has 4 N–H and O–H groups in total. The molecule has 2 heterocycles. The van der Waals surface area contributed by atoms with Gasteiger partial charge >= 0.3 is 12.0 Å². The highest BCUT2D eigenvalue weighted by Crippen LogP contribution is 2.20. The average Bonchev–Trinajstić information content (AvgIpc) is 3.29. The molecule has 1 aromatic carbocycles. The lowest BCUT2D eigenvalue weighted by Gasteiger charge is -2.27. The van der Waals surface area contributed by atoms with Crippen molar-refractivity contribution in [3.8, 4) is 0 Å². The number of nitrogens with zero attached hydrogens (tertiary/aromatic N) is 1. The lowest BCUT2D eigenvalue weighted by atomic mass is 10.0. The molecule has 2 aromatic rings. The average molecular weight is 557 g/mol. The first-order valence-electron chi connectivity index (χ1n) is 13.9. The van der Waals surface area contributed by atoms with Crippen LogP contribution in [0.5, 0.6) is 0 Å². The van der Waals surface area contributed by atoms with Crippen molar-refractivity contribution >= 4 is 40.6 Å². The molecule has 0 aliphatic carbocycles. The summed E-state index contributed by atoms with van der Waals surface area (Å²) in [6, 6.07) is 6.32. The van der Waals surface area contributed by atoms with Crippen LogP contribution in [0.3, 0.4) is 0 Å². The third kappa shape index (κ3) is 8.06. The minimum atomic E-state index is -0.978. The van der Waals surface area contributed by atoms with E-state index < -0.39 is 41.8 Å². The molecular formula is C29H40N4O7. The number of hydrogen-bond acceptors (Lipinski definition) is 6. The van der Waals surface area contributed by atoms with Gasteiger partial charge in [-0.05, 0) is 50.7 Å². The fourth-order valence-corrected chi connectivity index (χ4v) is 4.85. The van der Waals surface area contributed by atoms with Crippen LogP contribution in [0.1, 0.15) is 70.4 Å². The SMILES string of the molecule is CCC[C@@H](CNC(=O)N1CC(=O)[C@@H](NC(=O)[C@H](CC(C)C)NC(=O)c2cc3ccccc3o2)CC[C@@H]1C)C(=O)O. The fraction of sp³-hybridized carbons (Fsp3) is 0.552. The van der Waals surface area contributed by atoms with Gasteiger partial charge in [-0.25, -0.2) is 4.79 Å². The second-order valence-electron chi connectivity index (χ2n) is 10.9. The monoisotopic (exact) mass is 556 g/mol. The van der Waals surface area contributed by atoms with E-state index in [0.717, 1.165) is 5.39 Å². The van der Waals surface area contributed by atoms with Crippen molar-refractivity contribution in [1.82, 2.24) is 20.9 Å². The van der Waals surface area contributed by atoms with Crippen LogP contribution in [0, 0.1) is 11.8 Å². The number of amides is 4. The number of benzene rings is 1. The Hall–Kier alpha value is -3.89. The van der Waals surface area contributed by atoms with Crippen molar-refractivity contribution in [2.75, 3.05) is 13.1 Å². The molecule has 3 rings (SSSR count). The second-order valence-corrected chi connectivity index (χ2v) is 10.9. The maximum atomic E-state index is 13.3. The predicted octanol–water partition coefficient (Wildman–Crippen LogP) is 3.33. The van der Waals surface area contributed by atoms with Crippen molar-refractivity contribution in [3.05, 3.63) is 36.1 Å². The fourth-order valence-electron chi connectivity index (χ4n) is 4.85. The summed E-state index contributed by atoms with van der Waals surface area (Å²) in [6.45, 7) is 7.30. The Morgan fingerprint density at radius 2 is 1.88 bits per heavy atom. The van der Waals surface area contributed by atoms with Gasteiger partial charge in [-0.3, -0.25) is 19.2 Å². The Bertz CT molecular complexity index is 1190. The molecule has 1 aliphatic heterocycles. The van der Waals surface area contributed by atoms with Gasteiger partial charge in [0.05, 0.1) is 18.5 Å². The van der Waals surface area contributed by atoms with Crippen LogP contribution in [0.15, 0.2) is 34.7 Å². The molecule has 4 atom stereocenters. The number of aliphatic carboxylic acids is 1. The summed E-state index contributed by atoms with van der Waals surface area (Å²) in [5.74, 6) is -2.84. The lowest BCUT2D eigenvalue weighted by molar-refractivity contribution is -0.141. The van der Waals surface area contributed by atoms with Gasteiger partial charge in [-0.2, -0.15) is 0 Å². The van der Waals surface area contributed by atoms with Gasteiger partial charge in [0.15, 0.2) is 11.5 Å². The molecule has 0 radical (unpaired) electrons. The van der Waals surface area contributed by atoms with Crippen LogP contribution >= 0.6 is 0 Å². The number of rotatable bonds is 11. The molecule has 40 heavy (non-hydrogen) atoms. The molecule has 1 aliphatic rings. The van der Waals surface area contributed by atoms with E-state index in [0.29, 0.717) is 37.7 Å². The number of fused-ring (bicyclic) bond motifs is 1. The van der Waals surface area contributed by atoms with Crippen LogP contribution in [-0.2, 0) is 14.4 Å². The van der Waals surface area contributed by atoms with Gasteiger partial charge in [0.1, 0.15) is 11.6 Å². The van der Waals surface area contributed by atoms with Crippen molar-refractivity contribution < 1.29 is 33.5 Å². The minimum absolute atomic E-state index is 0.0264. The standard InChI is InChI=1S/C29H40N4O7/c1-5-8-20(28(37)38)15-30-29(39)33-16-23(34)21(12-11-18(33)4)31-26(35)22(13-17(2)3)32-27(36)25-14-19-9-6-7-10-24(19)40-25/h6-7,9-10,14,17-18,20-22H,5,8,11-13,15-16H2,1-4H3,(H,30,39)(H,31,35)(H,32,36)(H,37,38)/t18-,20-,21-,22-/m0/s1. The molecule has 0 unspecified atom stereocenters. The zero-order chi connectivity index (χ0) is 29.4. The third-order valence-corrected chi connectivity index (χ3v) is 7.16. The lowest BCUT2D eigenvalue weighted by Crippen LogP contribution is -2.53. The van der Waals surface area contributed by atoms with Crippen LogP contribution < -0.4 is 16.0 Å². The van der Waals surface area contributed by atoms with E-state index in [4.69, 9.17) is 4.42 Å². The van der Waals surface area contributed by atoms with Gasteiger partial charge in [0, 0.05) is 18.0 Å². The number of carbonyl (C=O) groups is 5. The summed E-state index contributed by atoms with van der Waals surface area (Å²) in [4.78, 5) is 65.0. The molecule has 1 saturated heterocycles. The van der Waals surface area contributed by atoms with E-state index in [9.17, 15) is 29.1 Å². The maximum Gasteiger partial charge on any atom is 0.318 e. The van der Waals surface area contributed by atoms with E-state index in [1.54, 1.807) is 18.2 Å². The number of likely N-dealkylation sites (tertiary alicyclic amines) is 1. The number of ketones is 1. The first-order valence-corrected chi connectivity index (χ1v) is 13.9. The van der Waals surface area contributed by atoms with Crippen molar-refractivity contribution in [1.29, 1.82) is 0 Å². The van der Waals surface area contributed by atoms with Gasteiger partial charge in [0.25, 0.3) is 5.91 Å². The summed E-state index contributed by atoms with van der Waals surface area (Å²) in [5.41, 5.74) is 0.563. The van der Waals surface area contributed by atoms with E-state index in [1.165, 1.54) is 4.90 Å². The Balaban J connectivity index is 1.64. The first-order chi connectivity index (χ1) is 19.0. The van der Waals surface area contributed by atoms with Crippen LogP contribution in [-0.4, -0.2) is 70.8 Å². The number of carbonyl (C=O) groups excluding carboxylic acids is 4. The molecule has 0 bridgehead atoms. The summed E-state index contributed by atoms with van der Waals surface area (Å²) in [7, 11) is 0. The van der Waals surface area contributed by atoms with Crippen molar-refractivity contribution in [2.24, 2.45) is 11.8 Å². The highest BCUT2D eigenvalue weighted by Gasteiger charge is 2.34. The maximum absolute atomic E-state index is 13.3. The van der Waals surface area contributed by atoms with E-state index in [-0.39, 0.29) is 36.6 Å². The number of Topliss-reactive ketones (excluding diaryl/α,β-unsaturated/α-hetero) is 1. The third-order valence-electron chi connectivity index (χ3n) is 7.16. The summed E-state index contributed by atoms with van der Waals surface area (Å²) in [6.07, 6.45) is 2.24. The Morgan fingerprint density at radius 3 is 2.52 bits per heavy atom. The predicted molar refractivity (Wildman–Crippen MR) is 149 cm³/mol. The van der Waals surface area contributed by atoms with Crippen LogP contribution in [0.4, 0.5) is 4.79 Å². The number of furan rings is 1. The normalized spacial score (nSPS) is 19.1. The molecule has 218 valence electrons. The van der Waals surface area contributed by atoms with Crippen molar-refractivity contribution in [3.63, 3.8) is 0 Å². The topological polar surface area (TPSA) is 158 Å². The first kappa shape index (κ1) is 30.6. The largest absolute Gasteiger partial charge is 0.481 e. The van der Waals surface area contributed by atoms with Crippen LogP contribution in [0.2, 0.25) is 0 Å². The van der Waals surface area contributed by atoms with Gasteiger partial charge in [-0.1, -0.05) is 45.4 Å². The van der Waals surface area contributed by atoms with E-state index >= 15 is 0 Å². The number of para-hydroxylation sites is 1.